The first-order chi connectivity index (χ1) is 14.5. The van der Waals surface area contributed by atoms with Crippen molar-refractivity contribution in [2.24, 2.45) is 0 Å². The van der Waals surface area contributed by atoms with Crippen LogP contribution in [-0.2, 0) is 20.7 Å². The summed E-state index contributed by atoms with van der Waals surface area (Å²) in [7, 11) is 4.47. The Bertz CT molecular complexity index is 941. The fraction of sp³-hybridized carbons (Fsp3) is 0.318. The van der Waals surface area contributed by atoms with Crippen LogP contribution in [0.25, 0.3) is 0 Å². The van der Waals surface area contributed by atoms with E-state index in [2.05, 4.69) is 4.74 Å². The maximum Gasteiger partial charge on any atom is 0.337 e. The summed E-state index contributed by atoms with van der Waals surface area (Å²) in [6.45, 7) is 0.647. The molecule has 8 heteroatoms. The number of hydrogen-bond donors (Lipinski definition) is 1. The number of carbonyl (C=O) groups is 3. The van der Waals surface area contributed by atoms with Crippen LogP contribution in [0, 0.1) is 0 Å². The Morgan fingerprint density at radius 3 is 2.37 bits per heavy atom. The molecule has 2 amide bonds. The number of hydrogen-bond acceptors (Lipinski definition) is 6. The molecule has 2 N–H and O–H groups in total. The first kappa shape index (κ1) is 21.3. The van der Waals surface area contributed by atoms with E-state index in [1.165, 1.54) is 24.1 Å². The third kappa shape index (κ3) is 4.44. The van der Waals surface area contributed by atoms with Gasteiger partial charge in [-0.1, -0.05) is 6.07 Å². The molecule has 0 unspecified atom stereocenters. The van der Waals surface area contributed by atoms with Gasteiger partial charge in [0.25, 0.3) is 5.91 Å². The van der Waals surface area contributed by atoms with Crippen LogP contribution in [0.2, 0.25) is 0 Å². The normalized spacial score (nSPS) is 16.0. The highest BCUT2D eigenvalue weighted by Gasteiger charge is 2.42. The molecular formula is C22H25N2O6+. The molecule has 30 heavy (non-hydrogen) atoms. The molecule has 1 atom stereocenters. The summed E-state index contributed by atoms with van der Waals surface area (Å²) < 4.78 is 15.2. The summed E-state index contributed by atoms with van der Waals surface area (Å²) in [5.74, 6) is 0.345. The molecule has 8 nitrogen and oxygen atoms in total. The summed E-state index contributed by atoms with van der Waals surface area (Å²) in [6, 6.07) is 11.5. The van der Waals surface area contributed by atoms with Crippen molar-refractivity contribution in [3.8, 4) is 11.5 Å². The van der Waals surface area contributed by atoms with Gasteiger partial charge in [0.1, 0.15) is 0 Å². The maximum absolute atomic E-state index is 12.8. The highest BCUT2D eigenvalue weighted by Crippen LogP contribution is 2.27. The monoisotopic (exact) mass is 413 g/mol. The number of nitrogens with zero attached hydrogens (tertiary/aromatic N) is 1. The van der Waals surface area contributed by atoms with Crippen LogP contribution < -0.4 is 19.7 Å². The highest BCUT2D eigenvalue weighted by molar-refractivity contribution is 6.21. The highest BCUT2D eigenvalue weighted by atomic mass is 16.5. The van der Waals surface area contributed by atoms with Gasteiger partial charge in [0.2, 0.25) is 5.91 Å². The van der Waals surface area contributed by atoms with Crippen molar-refractivity contribution in [2.45, 2.75) is 18.9 Å². The molecule has 1 heterocycles. The van der Waals surface area contributed by atoms with Crippen molar-refractivity contribution >= 4 is 23.5 Å². The summed E-state index contributed by atoms with van der Waals surface area (Å²) in [5, 5.41) is 1.89. The van der Waals surface area contributed by atoms with E-state index in [9.17, 15) is 14.4 Å². The summed E-state index contributed by atoms with van der Waals surface area (Å²) in [4.78, 5) is 37.9. The molecule has 0 aliphatic carbocycles. The Morgan fingerprint density at radius 2 is 1.73 bits per heavy atom. The zero-order chi connectivity index (χ0) is 21.7. The van der Waals surface area contributed by atoms with E-state index in [-0.39, 0.29) is 18.2 Å². The van der Waals surface area contributed by atoms with Crippen LogP contribution in [0.3, 0.4) is 0 Å². The predicted molar refractivity (Wildman–Crippen MR) is 109 cm³/mol. The average molecular weight is 413 g/mol. The van der Waals surface area contributed by atoms with E-state index in [1.54, 1.807) is 26.4 Å². The van der Waals surface area contributed by atoms with Gasteiger partial charge in [-0.15, -0.1) is 0 Å². The number of benzene rings is 2. The quantitative estimate of drug-likeness (QED) is 0.511. The number of nitrogens with two attached hydrogens (primary N) is 1. The standard InChI is InChI=1S/C22H24N2O6/c1-28-18-9-4-14(12-19(18)29-2)10-11-23-17-13-20(25)24(21(17)26)16-7-5-15(6-8-16)22(27)30-3/h4-9,12,17,23H,10-11,13H2,1-3H3/p+1/t17-/m0/s1. The van der Waals surface area contributed by atoms with Crippen molar-refractivity contribution in [3.63, 3.8) is 0 Å². The lowest BCUT2D eigenvalue weighted by Gasteiger charge is -2.14. The smallest absolute Gasteiger partial charge is 0.337 e. The maximum atomic E-state index is 12.8. The Kier molecular flexibility index (Phi) is 6.68. The van der Waals surface area contributed by atoms with E-state index in [1.807, 2.05) is 23.5 Å². The molecule has 0 bridgehead atoms. The van der Waals surface area contributed by atoms with Gasteiger partial charge in [0.15, 0.2) is 17.5 Å². The van der Waals surface area contributed by atoms with Gasteiger partial charge in [-0.3, -0.25) is 9.59 Å². The number of ether oxygens (including phenoxy) is 3. The Balaban J connectivity index is 1.60. The predicted octanol–water partition coefficient (Wildman–Crippen LogP) is 0.928. The molecular weight excluding hydrogens is 388 g/mol. The molecule has 0 saturated carbocycles. The molecule has 2 aromatic rings. The minimum atomic E-state index is -0.470. The van der Waals surface area contributed by atoms with Crippen LogP contribution in [0.5, 0.6) is 11.5 Å². The first-order valence-electron chi connectivity index (χ1n) is 9.58. The first-order valence-corrected chi connectivity index (χ1v) is 9.58. The van der Waals surface area contributed by atoms with Gasteiger partial charge in [0, 0.05) is 6.42 Å². The van der Waals surface area contributed by atoms with Gasteiger partial charge in [-0.2, -0.15) is 0 Å². The Hall–Kier alpha value is -3.39. The van der Waals surface area contributed by atoms with Gasteiger partial charge >= 0.3 is 5.97 Å². The average Bonchev–Trinajstić information content (AvgIpc) is 3.06. The van der Waals surface area contributed by atoms with Gasteiger partial charge in [-0.25, -0.2) is 9.69 Å². The lowest BCUT2D eigenvalue weighted by atomic mass is 10.1. The SMILES string of the molecule is COC(=O)c1ccc(N2C(=O)C[C@H]([NH2+]CCc3ccc(OC)c(OC)c3)C2=O)cc1. The van der Waals surface area contributed by atoms with Crippen molar-refractivity contribution in [2.75, 3.05) is 32.8 Å². The van der Waals surface area contributed by atoms with Crippen molar-refractivity contribution < 1.29 is 33.9 Å². The number of imide groups is 1. The van der Waals surface area contributed by atoms with Crippen LogP contribution in [0.4, 0.5) is 5.69 Å². The fourth-order valence-electron chi connectivity index (χ4n) is 3.46. The van der Waals surface area contributed by atoms with E-state index in [0.717, 1.165) is 5.56 Å². The minimum Gasteiger partial charge on any atom is -0.493 e. The molecule has 2 aromatic carbocycles. The zero-order valence-corrected chi connectivity index (χ0v) is 17.2. The zero-order valence-electron chi connectivity index (χ0n) is 17.2. The molecule has 0 radical (unpaired) electrons. The number of anilines is 1. The van der Waals surface area contributed by atoms with E-state index in [0.29, 0.717) is 35.7 Å². The molecule has 0 spiro atoms. The lowest BCUT2D eigenvalue weighted by molar-refractivity contribution is -0.674. The van der Waals surface area contributed by atoms with Crippen molar-refractivity contribution in [1.29, 1.82) is 0 Å². The third-order valence-corrected chi connectivity index (χ3v) is 5.06. The molecule has 1 saturated heterocycles. The van der Waals surface area contributed by atoms with Gasteiger partial charge in [0.05, 0.1) is 45.5 Å². The van der Waals surface area contributed by atoms with Crippen molar-refractivity contribution in [1.82, 2.24) is 0 Å². The minimum absolute atomic E-state index is 0.142. The van der Waals surface area contributed by atoms with E-state index >= 15 is 0 Å². The summed E-state index contributed by atoms with van der Waals surface area (Å²) in [6.07, 6.45) is 0.857. The van der Waals surface area contributed by atoms with Gasteiger partial charge < -0.3 is 19.5 Å². The number of methoxy groups -OCH3 is 3. The van der Waals surface area contributed by atoms with Crippen LogP contribution in [0.15, 0.2) is 42.5 Å². The van der Waals surface area contributed by atoms with E-state index < -0.39 is 12.0 Å². The number of rotatable bonds is 8. The fourth-order valence-corrected chi connectivity index (χ4v) is 3.46. The second kappa shape index (κ2) is 9.41. The Labute approximate surface area is 174 Å². The number of amides is 2. The van der Waals surface area contributed by atoms with Crippen molar-refractivity contribution in [3.05, 3.63) is 53.6 Å². The van der Waals surface area contributed by atoms with Crippen LogP contribution >= 0.6 is 0 Å². The van der Waals surface area contributed by atoms with Crippen LogP contribution in [-0.4, -0.2) is 51.7 Å². The lowest BCUT2D eigenvalue weighted by Crippen LogP contribution is -2.92. The second-order valence-electron chi connectivity index (χ2n) is 6.88. The Morgan fingerprint density at radius 1 is 1.03 bits per heavy atom. The second-order valence-corrected chi connectivity index (χ2v) is 6.88. The largest absolute Gasteiger partial charge is 0.493 e. The van der Waals surface area contributed by atoms with Gasteiger partial charge in [-0.05, 0) is 42.0 Å². The third-order valence-electron chi connectivity index (χ3n) is 5.06. The molecule has 1 aliphatic rings. The number of carbonyl (C=O) groups excluding carboxylic acids is 3. The number of quaternary nitrogens is 1. The van der Waals surface area contributed by atoms with Crippen LogP contribution in [0.1, 0.15) is 22.3 Å². The molecule has 1 fully saturated rings. The summed E-state index contributed by atoms with van der Waals surface area (Å²) >= 11 is 0. The molecule has 1 aliphatic heterocycles. The topological polar surface area (TPSA) is 98.8 Å². The molecule has 0 aromatic heterocycles. The van der Waals surface area contributed by atoms with E-state index in [4.69, 9.17) is 9.47 Å². The summed E-state index contributed by atoms with van der Waals surface area (Å²) in [5.41, 5.74) is 1.86. The number of esters is 1. The molecule has 3 rings (SSSR count). The molecule has 158 valence electrons.